The van der Waals surface area contributed by atoms with Crippen LogP contribution in [0.2, 0.25) is 0 Å². The lowest BCUT2D eigenvalue weighted by atomic mass is 10.3. The number of nitrogens with one attached hydrogen (secondary N) is 1. The van der Waals surface area contributed by atoms with Crippen LogP contribution < -0.4 is 10.5 Å². The summed E-state index contributed by atoms with van der Waals surface area (Å²) in [5.41, 5.74) is 6.29. The molecule has 0 aliphatic heterocycles. The average Bonchev–Trinajstić information content (AvgIpc) is 2.26. The summed E-state index contributed by atoms with van der Waals surface area (Å²) in [4.78, 5) is 0.945. The van der Waals surface area contributed by atoms with Gasteiger partial charge in [0.15, 0.2) is 0 Å². The van der Waals surface area contributed by atoms with Crippen molar-refractivity contribution in [1.82, 2.24) is 4.72 Å². The highest BCUT2D eigenvalue weighted by Crippen LogP contribution is 2.20. The molecule has 18 heavy (non-hydrogen) atoms. The van der Waals surface area contributed by atoms with Gasteiger partial charge >= 0.3 is 0 Å². The molecule has 1 unspecified atom stereocenters. The van der Waals surface area contributed by atoms with Crippen LogP contribution in [-0.2, 0) is 10.0 Å². The van der Waals surface area contributed by atoms with E-state index in [2.05, 4.69) is 4.72 Å². The Morgan fingerprint density at radius 1 is 1.50 bits per heavy atom. The summed E-state index contributed by atoms with van der Waals surface area (Å²) in [5.74, 6) is 0.456. The minimum Gasteiger partial charge on any atom is -0.399 e. The zero-order valence-corrected chi connectivity index (χ0v) is 11.8. The van der Waals surface area contributed by atoms with Gasteiger partial charge in [0.05, 0.1) is 11.9 Å². The van der Waals surface area contributed by atoms with Crippen molar-refractivity contribution in [2.45, 2.75) is 17.9 Å². The molecular formula is C11H18N2O3S2. The van der Waals surface area contributed by atoms with Gasteiger partial charge in [-0.3, -0.25) is 0 Å². The van der Waals surface area contributed by atoms with E-state index in [1.54, 1.807) is 12.1 Å². The van der Waals surface area contributed by atoms with Crippen molar-refractivity contribution in [3.05, 3.63) is 24.3 Å². The van der Waals surface area contributed by atoms with Crippen LogP contribution in [0.15, 0.2) is 29.2 Å². The maximum Gasteiger partial charge on any atom is 0.212 e. The summed E-state index contributed by atoms with van der Waals surface area (Å²) in [6.45, 7) is 1.58. The molecule has 0 aromatic heterocycles. The minimum atomic E-state index is -3.32. The van der Waals surface area contributed by atoms with E-state index in [0.29, 0.717) is 11.4 Å². The molecule has 7 heteroatoms. The molecule has 0 aliphatic rings. The first-order valence-corrected chi connectivity index (χ1v) is 8.16. The molecule has 1 aromatic rings. The monoisotopic (exact) mass is 290 g/mol. The zero-order chi connectivity index (χ0) is 13.6. The molecule has 102 valence electrons. The predicted octanol–water partition coefficient (Wildman–Crippen LogP) is 0.661. The van der Waals surface area contributed by atoms with E-state index in [0.717, 1.165) is 4.90 Å². The van der Waals surface area contributed by atoms with Gasteiger partial charge in [-0.15, -0.1) is 11.8 Å². The molecule has 0 aliphatic carbocycles. The molecule has 0 fully saturated rings. The molecule has 1 atom stereocenters. The number of aliphatic hydroxyl groups is 1. The van der Waals surface area contributed by atoms with Crippen molar-refractivity contribution < 1.29 is 13.5 Å². The van der Waals surface area contributed by atoms with E-state index in [1.807, 2.05) is 12.1 Å². The molecular weight excluding hydrogens is 272 g/mol. The van der Waals surface area contributed by atoms with Crippen molar-refractivity contribution in [1.29, 1.82) is 0 Å². The fourth-order valence-corrected chi connectivity index (χ4v) is 3.67. The van der Waals surface area contributed by atoms with Gasteiger partial charge in [-0.1, -0.05) is 6.07 Å². The highest BCUT2D eigenvalue weighted by Gasteiger charge is 2.10. The van der Waals surface area contributed by atoms with E-state index < -0.39 is 16.1 Å². The lowest BCUT2D eigenvalue weighted by Gasteiger charge is -2.08. The number of sulfonamides is 1. The first kappa shape index (κ1) is 15.3. The Labute approximate surface area is 112 Å². The van der Waals surface area contributed by atoms with Gasteiger partial charge < -0.3 is 10.8 Å². The number of hydrogen-bond donors (Lipinski definition) is 3. The van der Waals surface area contributed by atoms with Gasteiger partial charge in [-0.2, -0.15) is 0 Å². The van der Waals surface area contributed by atoms with Gasteiger partial charge in [-0.25, -0.2) is 13.1 Å². The first-order valence-electron chi connectivity index (χ1n) is 5.53. The van der Waals surface area contributed by atoms with Crippen LogP contribution in [0, 0.1) is 0 Å². The summed E-state index contributed by atoms with van der Waals surface area (Å²) in [6.07, 6.45) is -0.679. The molecule has 1 aromatic carbocycles. The van der Waals surface area contributed by atoms with E-state index in [1.165, 1.54) is 18.7 Å². The number of nitrogens with two attached hydrogens (primary N) is 1. The van der Waals surface area contributed by atoms with Crippen LogP contribution in [0.5, 0.6) is 0 Å². The third-order valence-electron chi connectivity index (χ3n) is 2.08. The SMILES string of the molecule is CC(O)CNS(=O)(=O)CCSc1cccc(N)c1. The maximum atomic E-state index is 11.5. The molecule has 0 spiro atoms. The van der Waals surface area contributed by atoms with Crippen LogP contribution in [0.1, 0.15) is 6.92 Å². The van der Waals surface area contributed by atoms with Crippen LogP contribution in [-0.4, -0.2) is 37.7 Å². The number of hydrogen-bond acceptors (Lipinski definition) is 5. The van der Waals surface area contributed by atoms with Gasteiger partial charge in [0, 0.05) is 22.9 Å². The molecule has 5 nitrogen and oxygen atoms in total. The Morgan fingerprint density at radius 2 is 2.22 bits per heavy atom. The predicted molar refractivity (Wildman–Crippen MR) is 75.0 cm³/mol. The topological polar surface area (TPSA) is 92.4 Å². The molecule has 0 saturated carbocycles. The quantitative estimate of drug-likeness (QED) is 0.507. The fourth-order valence-electron chi connectivity index (χ4n) is 1.19. The number of anilines is 1. The molecule has 0 amide bonds. The molecule has 4 N–H and O–H groups in total. The van der Waals surface area contributed by atoms with Crippen LogP contribution in [0.25, 0.3) is 0 Å². The van der Waals surface area contributed by atoms with Gasteiger partial charge in [-0.05, 0) is 25.1 Å². The number of thioether (sulfide) groups is 1. The van der Waals surface area contributed by atoms with Gasteiger partial charge in [0.25, 0.3) is 0 Å². The zero-order valence-electron chi connectivity index (χ0n) is 10.2. The normalized spacial score (nSPS) is 13.4. The Balaban J connectivity index is 2.37. The van der Waals surface area contributed by atoms with Crippen molar-refractivity contribution in [2.24, 2.45) is 0 Å². The van der Waals surface area contributed by atoms with Gasteiger partial charge in [0.1, 0.15) is 0 Å². The lowest BCUT2D eigenvalue weighted by molar-refractivity contribution is 0.198. The average molecular weight is 290 g/mol. The molecule has 0 radical (unpaired) electrons. The third kappa shape index (κ3) is 6.25. The summed E-state index contributed by atoms with van der Waals surface area (Å²) >= 11 is 1.43. The first-order chi connectivity index (χ1) is 8.39. The fraction of sp³-hybridized carbons (Fsp3) is 0.455. The Morgan fingerprint density at radius 3 is 2.83 bits per heavy atom. The van der Waals surface area contributed by atoms with E-state index in [-0.39, 0.29) is 12.3 Å². The third-order valence-corrected chi connectivity index (χ3v) is 4.68. The standard InChI is InChI=1S/C11H18N2O3S2/c1-9(14)8-13-18(15,16)6-5-17-11-4-2-3-10(12)7-11/h2-4,7,9,13-14H,5-6,8,12H2,1H3. The minimum absolute atomic E-state index is 0.0131. The highest BCUT2D eigenvalue weighted by atomic mass is 32.2. The van der Waals surface area contributed by atoms with E-state index >= 15 is 0 Å². The molecule has 1 rings (SSSR count). The van der Waals surface area contributed by atoms with Crippen molar-refractivity contribution in [2.75, 3.05) is 23.8 Å². The smallest absolute Gasteiger partial charge is 0.212 e. The summed E-state index contributed by atoms with van der Waals surface area (Å²) < 4.78 is 25.4. The van der Waals surface area contributed by atoms with Crippen LogP contribution in [0.4, 0.5) is 5.69 Å². The second-order valence-electron chi connectivity index (χ2n) is 3.94. The Hall–Kier alpha value is -0.760. The number of nitrogen functional groups attached to an aromatic ring is 1. The number of benzene rings is 1. The summed E-state index contributed by atoms with van der Waals surface area (Å²) in [7, 11) is -3.32. The van der Waals surface area contributed by atoms with Gasteiger partial charge in [0.2, 0.25) is 10.0 Å². The Bertz CT molecular complexity index is 475. The van der Waals surface area contributed by atoms with Crippen molar-refractivity contribution in [3.63, 3.8) is 0 Å². The molecule has 0 heterocycles. The second-order valence-corrected chi connectivity index (χ2v) is 7.03. The Kier molecular flexibility index (Phi) is 5.94. The molecule has 0 bridgehead atoms. The maximum absolute atomic E-state index is 11.5. The highest BCUT2D eigenvalue weighted by molar-refractivity contribution is 8.00. The molecule has 0 saturated heterocycles. The van der Waals surface area contributed by atoms with Crippen LogP contribution >= 0.6 is 11.8 Å². The number of aliphatic hydroxyl groups excluding tert-OH is 1. The summed E-state index contributed by atoms with van der Waals surface area (Å²) in [6, 6.07) is 7.31. The van der Waals surface area contributed by atoms with Crippen molar-refractivity contribution in [3.8, 4) is 0 Å². The lowest BCUT2D eigenvalue weighted by Crippen LogP contribution is -2.33. The summed E-state index contributed by atoms with van der Waals surface area (Å²) in [5, 5.41) is 9.00. The van der Waals surface area contributed by atoms with E-state index in [4.69, 9.17) is 10.8 Å². The second kappa shape index (κ2) is 6.98. The largest absolute Gasteiger partial charge is 0.399 e. The van der Waals surface area contributed by atoms with E-state index in [9.17, 15) is 8.42 Å². The van der Waals surface area contributed by atoms with Crippen LogP contribution in [0.3, 0.4) is 0 Å². The van der Waals surface area contributed by atoms with Crippen molar-refractivity contribution >= 4 is 27.5 Å². The number of rotatable bonds is 7.